The zero-order chi connectivity index (χ0) is 9.94. The van der Waals surface area contributed by atoms with E-state index >= 15 is 0 Å². The Morgan fingerprint density at radius 1 is 1.58 bits per heavy atom. The lowest BCUT2D eigenvalue weighted by Crippen LogP contribution is -2.49. The van der Waals surface area contributed by atoms with E-state index in [2.05, 4.69) is 0 Å². The maximum Gasteiger partial charge on any atom is 0.333 e. The average Bonchev–Trinajstić information content (AvgIpc) is 1.82. The fourth-order valence-electron chi connectivity index (χ4n) is 0.522. The highest BCUT2D eigenvalue weighted by molar-refractivity contribution is 7.83. The van der Waals surface area contributed by atoms with Gasteiger partial charge in [0, 0.05) is 6.04 Å². The number of carbonyl (C=O) groups is 1. The third-order valence-corrected chi connectivity index (χ3v) is 1.83. The van der Waals surface area contributed by atoms with Gasteiger partial charge in [0.25, 0.3) is 0 Å². The van der Waals surface area contributed by atoms with Gasteiger partial charge in [0.1, 0.15) is 6.04 Å². The molecule has 0 aliphatic carbocycles. The van der Waals surface area contributed by atoms with Gasteiger partial charge in [0.15, 0.2) is 0 Å². The summed E-state index contributed by atoms with van der Waals surface area (Å²) in [6, 6.07) is -2.44. The first kappa shape index (κ1) is 11.3. The summed E-state index contributed by atoms with van der Waals surface area (Å²) < 4.78 is 30.2. The summed E-state index contributed by atoms with van der Waals surface area (Å²) in [6.45, 7) is 1.23. The van der Waals surface area contributed by atoms with Crippen molar-refractivity contribution < 1.29 is 22.9 Å². The third-order valence-electron chi connectivity index (χ3n) is 1.16. The van der Waals surface area contributed by atoms with Crippen LogP contribution >= 0.6 is 0 Å². The van der Waals surface area contributed by atoms with Crippen molar-refractivity contribution in [2.24, 2.45) is 5.73 Å². The van der Waals surface area contributed by atoms with E-state index < -0.39 is 28.4 Å². The minimum absolute atomic E-state index is 1.06. The maximum atomic E-state index is 10.2. The van der Waals surface area contributed by atoms with Crippen LogP contribution in [0.5, 0.6) is 0 Å². The first-order chi connectivity index (χ1) is 5.24. The lowest BCUT2D eigenvalue weighted by atomic mass is 10.2. The zero-order valence-corrected chi connectivity index (χ0v) is 7.08. The van der Waals surface area contributed by atoms with Gasteiger partial charge < -0.3 is 10.8 Å². The Morgan fingerprint density at radius 2 is 2.00 bits per heavy atom. The molecule has 0 bridgehead atoms. The van der Waals surface area contributed by atoms with Crippen LogP contribution < -0.4 is 10.5 Å². The van der Waals surface area contributed by atoms with Crippen molar-refractivity contribution in [3.63, 3.8) is 0 Å². The first-order valence-electron chi connectivity index (χ1n) is 2.97. The molecule has 0 unspecified atom stereocenters. The number of carboxylic acid groups (broad SMARTS) is 1. The minimum atomic E-state index is -4.40. The van der Waals surface area contributed by atoms with Crippen LogP contribution in [0.15, 0.2) is 0 Å². The first-order valence-corrected chi connectivity index (χ1v) is 4.41. The molecule has 8 heteroatoms. The lowest BCUT2D eigenvalue weighted by molar-refractivity contribution is -0.138. The number of nitrogens with two attached hydrogens (primary N) is 1. The van der Waals surface area contributed by atoms with E-state index in [1.165, 1.54) is 6.92 Å². The Labute approximate surface area is 69.4 Å². The van der Waals surface area contributed by atoms with E-state index in [1.54, 1.807) is 4.72 Å². The molecule has 0 rings (SSSR count). The molecule has 0 spiro atoms. The molecule has 72 valence electrons. The number of carboxylic acids is 1. The van der Waals surface area contributed by atoms with Gasteiger partial charge in [-0.25, -0.2) is 0 Å². The Kier molecular flexibility index (Phi) is 3.58. The van der Waals surface area contributed by atoms with E-state index in [-0.39, 0.29) is 0 Å². The van der Waals surface area contributed by atoms with Crippen LogP contribution in [-0.2, 0) is 15.1 Å². The Hall–Kier alpha value is -0.700. The summed E-state index contributed by atoms with van der Waals surface area (Å²) in [5.41, 5.74) is 5.03. The molecular weight excluding hydrogens is 188 g/mol. The third kappa shape index (κ3) is 4.23. The SMILES string of the molecule is C[C@H](NS(=O)(=O)O)[C@H](N)C(=O)O. The molecule has 0 fully saturated rings. The predicted octanol–water partition coefficient (Wildman–Crippen LogP) is -1.82. The summed E-state index contributed by atoms with van der Waals surface area (Å²) in [7, 11) is -4.40. The fraction of sp³-hybridized carbons (Fsp3) is 0.750. The van der Waals surface area contributed by atoms with Gasteiger partial charge in [-0.2, -0.15) is 13.1 Å². The molecule has 12 heavy (non-hydrogen) atoms. The van der Waals surface area contributed by atoms with Gasteiger partial charge >= 0.3 is 16.3 Å². The van der Waals surface area contributed by atoms with Crippen LogP contribution in [0.1, 0.15) is 6.92 Å². The van der Waals surface area contributed by atoms with Crippen LogP contribution in [0.3, 0.4) is 0 Å². The number of hydrogen-bond donors (Lipinski definition) is 4. The minimum Gasteiger partial charge on any atom is -0.480 e. The molecule has 0 saturated heterocycles. The molecule has 0 aromatic carbocycles. The Bertz CT molecular complexity index is 261. The molecule has 0 aromatic heterocycles. The van der Waals surface area contributed by atoms with E-state index in [0.29, 0.717) is 0 Å². The normalized spacial score (nSPS) is 16.9. The smallest absolute Gasteiger partial charge is 0.333 e. The van der Waals surface area contributed by atoms with Crippen molar-refractivity contribution in [1.29, 1.82) is 0 Å². The summed E-state index contributed by atoms with van der Waals surface area (Å²) in [4.78, 5) is 10.2. The van der Waals surface area contributed by atoms with Crippen LogP contribution in [0.2, 0.25) is 0 Å². The highest BCUT2D eigenvalue weighted by Gasteiger charge is 2.23. The second-order valence-corrected chi connectivity index (χ2v) is 3.43. The van der Waals surface area contributed by atoms with Gasteiger partial charge in [-0.15, -0.1) is 0 Å². The van der Waals surface area contributed by atoms with Gasteiger partial charge in [0.2, 0.25) is 0 Å². The van der Waals surface area contributed by atoms with Gasteiger partial charge in [-0.1, -0.05) is 0 Å². The largest absolute Gasteiger partial charge is 0.480 e. The standard InChI is InChI=1S/C4H10N2O5S/c1-2(3(5)4(7)8)6-12(9,10)11/h2-3,6H,5H2,1H3,(H,7,8)(H,9,10,11)/t2-,3-/m0/s1. The van der Waals surface area contributed by atoms with Gasteiger partial charge in [-0.05, 0) is 6.92 Å². The fourth-order valence-corrected chi connectivity index (χ4v) is 1.14. The predicted molar refractivity (Wildman–Crippen MR) is 39.8 cm³/mol. The van der Waals surface area contributed by atoms with Gasteiger partial charge in [-0.3, -0.25) is 9.35 Å². The maximum absolute atomic E-state index is 10.2. The Morgan fingerprint density at radius 3 is 2.25 bits per heavy atom. The molecule has 7 nitrogen and oxygen atoms in total. The number of aliphatic carboxylic acids is 1. The molecule has 5 N–H and O–H groups in total. The zero-order valence-electron chi connectivity index (χ0n) is 6.26. The van der Waals surface area contributed by atoms with Crippen molar-refractivity contribution in [1.82, 2.24) is 4.72 Å². The van der Waals surface area contributed by atoms with Crippen molar-refractivity contribution in [3.05, 3.63) is 0 Å². The molecule has 0 aliphatic rings. The molecular formula is C4H10N2O5S. The summed E-state index contributed by atoms with van der Waals surface area (Å²) in [6.07, 6.45) is 0. The quantitative estimate of drug-likeness (QED) is 0.393. The molecule has 0 saturated carbocycles. The highest BCUT2D eigenvalue weighted by atomic mass is 32.2. The molecule has 0 heterocycles. The van der Waals surface area contributed by atoms with E-state index in [4.69, 9.17) is 15.4 Å². The number of nitrogens with one attached hydrogen (secondary N) is 1. The molecule has 0 amide bonds. The van der Waals surface area contributed by atoms with E-state index in [9.17, 15) is 13.2 Å². The van der Waals surface area contributed by atoms with Gasteiger partial charge in [0.05, 0.1) is 0 Å². The summed E-state index contributed by atoms with van der Waals surface area (Å²) in [5.74, 6) is -1.35. The van der Waals surface area contributed by atoms with Crippen molar-refractivity contribution >= 4 is 16.3 Å². The van der Waals surface area contributed by atoms with E-state index in [0.717, 1.165) is 0 Å². The average molecular weight is 198 g/mol. The van der Waals surface area contributed by atoms with Crippen molar-refractivity contribution in [3.8, 4) is 0 Å². The molecule has 2 atom stereocenters. The van der Waals surface area contributed by atoms with Crippen LogP contribution in [0.4, 0.5) is 0 Å². The lowest BCUT2D eigenvalue weighted by Gasteiger charge is -2.14. The molecule has 0 radical (unpaired) electrons. The second kappa shape index (κ2) is 3.81. The summed E-state index contributed by atoms with van der Waals surface area (Å²) >= 11 is 0. The number of rotatable bonds is 4. The molecule has 0 aromatic rings. The van der Waals surface area contributed by atoms with Crippen LogP contribution in [0, 0.1) is 0 Å². The summed E-state index contributed by atoms with van der Waals surface area (Å²) in [5, 5.41) is 8.31. The highest BCUT2D eigenvalue weighted by Crippen LogP contribution is 1.91. The Balaban J connectivity index is 4.23. The monoisotopic (exact) mass is 198 g/mol. The second-order valence-electron chi connectivity index (χ2n) is 2.25. The van der Waals surface area contributed by atoms with Crippen molar-refractivity contribution in [2.45, 2.75) is 19.0 Å². The molecule has 0 aliphatic heterocycles. The van der Waals surface area contributed by atoms with E-state index in [1.807, 2.05) is 0 Å². The van der Waals surface area contributed by atoms with Crippen molar-refractivity contribution in [2.75, 3.05) is 0 Å². The number of hydrogen-bond acceptors (Lipinski definition) is 4. The topological polar surface area (TPSA) is 130 Å². The van der Waals surface area contributed by atoms with Crippen LogP contribution in [0.25, 0.3) is 0 Å². The van der Waals surface area contributed by atoms with Crippen LogP contribution in [-0.4, -0.2) is 36.1 Å².